The number of terminal acetylenes is 1. The highest BCUT2D eigenvalue weighted by Gasteiger charge is 2.12. The summed E-state index contributed by atoms with van der Waals surface area (Å²) in [6.45, 7) is 3.41. The molecule has 20 heavy (non-hydrogen) atoms. The third-order valence-corrected chi connectivity index (χ3v) is 2.94. The molecule has 108 valence electrons. The Bertz CT molecular complexity index is 458. The second-order valence-electron chi connectivity index (χ2n) is 4.57. The Labute approximate surface area is 120 Å². The van der Waals surface area contributed by atoms with Crippen molar-refractivity contribution in [2.75, 3.05) is 25.0 Å². The van der Waals surface area contributed by atoms with E-state index in [1.165, 1.54) is 0 Å². The molecule has 0 aliphatic rings. The molecule has 0 spiro atoms. The van der Waals surface area contributed by atoms with Crippen molar-refractivity contribution >= 4 is 11.7 Å². The molecule has 0 saturated carbocycles. The number of amides is 2. The summed E-state index contributed by atoms with van der Waals surface area (Å²) in [6, 6.07) is 7.05. The van der Waals surface area contributed by atoms with E-state index < -0.39 is 0 Å². The van der Waals surface area contributed by atoms with Gasteiger partial charge in [0.05, 0.1) is 0 Å². The molecule has 1 rings (SSSR count). The van der Waals surface area contributed by atoms with E-state index in [-0.39, 0.29) is 12.6 Å². The van der Waals surface area contributed by atoms with Crippen molar-refractivity contribution in [2.24, 2.45) is 0 Å². The highest BCUT2D eigenvalue weighted by atomic mass is 16.3. The maximum absolute atomic E-state index is 12.2. The van der Waals surface area contributed by atoms with Gasteiger partial charge in [0.15, 0.2) is 0 Å². The molecule has 2 N–H and O–H groups in total. The summed E-state index contributed by atoms with van der Waals surface area (Å²) in [5, 5.41) is 11.7. The van der Waals surface area contributed by atoms with E-state index >= 15 is 0 Å². The molecule has 1 aromatic rings. The minimum absolute atomic E-state index is 0.0858. The minimum Gasteiger partial charge on any atom is -0.396 e. The molecule has 0 atom stereocenters. The number of unbranched alkanes of at least 4 members (excludes halogenated alkanes) is 1. The average Bonchev–Trinajstić information content (AvgIpc) is 2.47. The van der Waals surface area contributed by atoms with Crippen molar-refractivity contribution in [3.05, 3.63) is 29.8 Å². The van der Waals surface area contributed by atoms with Gasteiger partial charge in [0, 0.05) is 30.9 Å². The van der Waals surface area contributed by atoms with Crippen LogP contribution in [0.1, 0.15) is 31.7 Å². The standard InChI is InChI=1S/C16H22N2O2/c1-3-5-10-18(11-7-12-19)16(20)17-15-9-6-8-14(4-2)13-15/h2,6,8-9,13,19H,3,5,7,10-12H2,1H3,(H,17,20). The van der Waals surface area contributed by atoms with Gasteiger partial charge in [-0.3, -0.25) is 0 Å². The second-order valence-corrected chi connectivity index (χ2v) is 4.57. The van der Waals surface area contributed by atoms with Gasteiger partial charge in [-0.15, -0.1) is 6.42 Å². The van der Waals surface area contributed by atoms with E-state index in [4.69, 9.17) is 11.5 Å². The minimum atomic E-state index is -0.152. The zero-order valence-electron chi connectivity index (χ0n) is 11.9. The smallest absolute Gasteiger partial charge is 0.321 e. The summed E-state index contributed by atoms with van der Waals surface area (Å²) in [6.07, 6.45) is 7.90. The van der Waals surface area contributed by atoms with E-state index in [1.54, 1.807) is 11.0 Å². The summed E-state index contributed by atoms with van der Waals surface area (Å²) >= 11 is 0. The van der Waals surface area contributed by atoms with Gasteiger partial charge in [-0.05, 0) is 31.0 Å². The van der Waals surface area contributed by atoms with Crippen molar-refractivity contribution in [1.82, 2.24) is 4.90 Å². The van der Waals surface area contributed by atoms with E-state index in [9.17, 15) is 4.79 Å². The monoisotopic (exact) mass is 274 g/mol. The van der Waals surface area contributed by atoms with Crippen LogP contribution in [-0.2, 0) is 0 Å². The molecule has 0 saturated heterocycles. The van der Waals surface area contributed by atoms with Crippen LogP contribution in [0.2, 0.25) is 0 Å². The number of nitrogens with one attached hydrogen (secondary N) is 1. The molecule has 0 bridgehead atoms. The van der Waals surface area contributed by atoms with Crippen LogP contribution >= 0.6 is 0 Å². The number of rotatable bonds is 7. The van der Waals surface area contributed by atoms with E-state index in [1.807, 2.05) is 18.2 Å². The normalized spacial score (nSPS) is 9.85. The lowest BCUT2D eigenvalue weighted by Gasteiger charge is -2.22. The topological polar surface area (TPSA) is 52.6 Å². The predicted octanol–water partition coefficient (Wildman–Crippen LogP) is 2.68. The van der Waals surface area contributed by atoms with Gasteiger partial charge in [0.2, 0.25) is 0 Å². The largest absolute Gasteiger partial charge is 0.396 e. The molecule has 2 amide bonds. The molecule has 1 aromatic carbocycles. The summed E-state index contributed by atoms with van der Waals surface area (Å²) in [5.74, 6) is 2.54. The fraction of sp³-hybridized carbons (Fsp3) is 0.438. The van der Waals surface area contributed by atoms with Crippen LogP contribution in [-0.4, -0.2) is 35.7 Å². The van der Waals surface area contributed by atoms with Crippen molar-refractivity contribution < 1.29 is 9.90 Å². The Morgan fingerprint density at radius 1 is 1.40 bits per heavy atom. The zero-order chi connectivity index (χ0) is 14.8. The van der Waals surface area contributed by atoms with Crippen LogP contribution in [0.3, 0.4) is 0 Å². The first-order valence-corrected chi connectivity index (χ1v) is 6.94. The summed E-state index contributed by atoms with van der Waals surface area (Å²) in [7, 11) is 0. The summed E-state index contributed by atoms with van der Waals surface area (Å²) < 4.78 is 0. The molecule has 0 aliphatic heterocycles. The van der Waals surface area contributed by atoms with Gasteiger partial charge in [-0.1, -0.05) is 25.3 Å². The Balaban J connectivity index is 2.66. The van der Waals surface area contributed by atoms with Crippen molar-refractivity contribution in [2.45, 2.75) is 26.2 Å². The fourth-order valence-corrected chi connectivity index (χ4v) is 1.81. The van der Waals surface area contributed by atoms with Crippen LogP contribution in [0.25, 0.3) is 0 Å². The van der Waals surface area contributed by atoms with Crippen molar-refractivity contribution in [3.63, 3.8) is 0 Å². The quantitative estimate of drug-likeness (QED) is 0.751. The number of aliphatic hydroxyl groups excluding tert-OH is 1. The lowest BCUT2D eigenvalue weighted by Crippen LogP contribution is -2.36. The molecule has 0 aromatic heterocycles. The first-order valence-electron chi connectivity index (χ1n) is 6.94. The number of carbonyl (C=O) groups excluding carboxylic acids is 1. The first kappa shape index (κ1) is 16.1. The number of anilines is 1. The number of hydrogen-bond acceptors (Lipinski definition) is 2. The molecule has 0 heterocycles. The van der Waals surface area contributed by atoms with Gasteiger partial charge >= 0.3 is 6.03 Å². The lowest BCUT2D eigenvalue weighted by molar-refractivity contribution is 0.201. The number of aliphatic hydroxyl groups is 1. The fourth-order valence-electron chi connectivity index (χ4n) is 1.81. The highest BCUT2D eigenvalue weighted by molar-refractivity contribution is 5.89. The average molecular weight is 274 g/mol. The molecule has 0 aliphatic carbocycles. The van der Waals surface area contributed by atoms with Gasteiger partial charge < -0.3 is 15.3 Å². The van der Waals surface area contributed by atoms with E-state index in [2.05, 4.69) is 18.2 Å². The molecule has 4 nitrogen and oxygen atoms in total. The molecule has 4 heteroatoms. The van der Waals surface area contributed by atoms with Crippen LogP contribution in [0.4, 0.5) is 10.5 Å². The maximum atomic E-state index is 12.2. The lowest BCUT2D eigenvalue weighted by atomic mass is 10.2. The Morgan fingerprint density at radius 2 is 2.15 bits per heavy atom. The van der Waals surface area contributed by atoms with Crippen molar-refractivity contribution in [3.8, 4) is 12.3 Å². The summed E-state index contributed by atoms with van der Waals surface area (Å²) in [5.41, 5.74) is 1.43. The highest BCUT2D eigenvalue weighted by Crippen LogP contribution is 2.11. The molecular formula is C16H22N2O2. The molecule has 0 fully saturated rings. The first-order chi connectivity index (χ1) is 9.71. The van der Waals surface area contributed by atoms with Crippen LogP contribution in [0.5, 0.6) is 0 Å². The predicted molar refractivity (Wildman–Crippen MR) is 81.6 cm³/mol. The Hall–Kier alpha value is -1.99. The van der Waals surface area contributed by atoms with Crippen molar-refractivity contribution in [1.29, 1.82) is 0 Å². The number of benzene rings is 1. The Kier molecular flexibility index (Phi) is 7.23. The second kappa shape index (κ2) is 9.00. The Morgan fingerprint density at radius 3 is 2.80 bits per heavy atom. The maximum Gasteiger partial charge on any atom is 0.321 e. The van der Waals surface area contributed by atoms with Gasteiger partial charge in [0.25, 0.3) is 0 Å². The van der Waals surface area contributed by atoms with Gasteiger partial charge in [-0.25, -0.2) is 4.79 Å². The number of hydrogen-bond donors (Lipinski definition) is 2. The van der Waals surface area contributed by atoms with Crippen LogP contribution in [0, 0.1) is 12.3 Å². The van der Waals surface area contributed by atoms with Gasteiger partial charge in [0.1, 0.15) is 0 Å². The third kappa shape index (κ3) is 5.33. The van der Waals surface area contributed by atoms with Crippen LogP contribution in [0.15, 0.2) is 24.3 Å². The SMILES string of the molecule is C#Cc1cccc(NC(=O)N(CCCC)CCCO)c1. The van der Waals surface area contributed by atoms with Crippen LogP contribution < -0.4 is 5.32 Å². The number of carbonyl (C=O) groups is 1. The molecule has 0 unspecified atom stereocenters. The summed E-state index contributed by atoms with van der Waals surface area (Å²) in [4.78, 5) is 13.9. The molecule has 0 radical (unpaired) electrons. The number of urea groups is 1. The third-order valence-electron chi connectivity index (χ3n) is 2.94. The van der Waals surface area contributed by atoms with E-state index in [0.717, 1.165) is 18.4 Å². The van der Waals surface area contributed by atoms with E-state index in [0.29, 0.717) is 25.2 Å². The zero-order valence-corrected chi connectivity index (χ0v) is 11.9. The molecular weight excluding hydrogens is 252 g/mol. The van der Waals surface area contributed by atoms with Gasteiger partial charge in [-0.2, -0.15) is 0 Å². The number of nitrogens with zero attached hydrogens (tertiary/aromatic N) is 1.